The quantitative estimate of drug-likeness (QED) is 0.560. The van der Waals surface area contributed by atoms with Crippen LogP contribution in [0.5, 0.6) is 0 Å². The smallest absolute Gasteiger partial charge is 0.227 e. The largest absolute Gasteiger partial charge is 0.362 e. The summed E-state index contributed by atoms with van der Waals surface area (Å²) in [5, 5.41) is 7.24. The number of thiocarbonyl (C=S) groups is 1. The first-order valence-corrected chi connectivity index (χ1v) is 11.0. The third kappa shape index (κ3) is 5.67. The zero-order chi connectivity index (χ0) is 20.1. The summed E-state index contributed by atoms with van der Waals surface area (Å²) in [4.78, 5) is 16.4. The highest BCUT2D eigenvalue weighted by Crippen LogP contribution is 2.27. The van der Waals surface area contributed by atoms with Gasteiger partial charge in [0.05, 0.1) is 0 Å². The first kappa shape index (κ1) is 21.1. The van der Waals surface area contributed by atoms with Crippen LogP contribution in [0.1, 0.15) is 45.1 Å². The number of hydrogen-bond acceptors (Lipinski definition) is 3. The zero-order valence-corrected chi connectivity index (χ0v) is 18.3. The standard InChI is InChI=1S/C22H34N4OS/c1-16-12-17(2)15-25(14-16)10-5-9-23-22(28)24-19-7-8-20(18(3)13-19)26-11-4-6-21(26)27/h7-8,13,16-17H,4-6,9-12,14-15H2,1-3H3,(H2,23,24,28)/t16-,17+. The van der Waals surface area contributed by atoms with Gasteiger partial charge in [0.2, 0.25) is 5.91 Å². The van der Waals surface area contributed by atoms with Gasteiger partial charge >= 0.3 is 0 Å². The van der Waals surface area contributed by atoms with Crippen molar-refractivity contribution in [3.05, 3.63) is 23.8 Å². The lowest BCUT2D eigenvalue weighted by Crippen LogP contribution is -2.40. The molecule has 0 unspecified atom stereocenters. The summed E-state index contributed by atoms with van der Waals surface area (Å²) in [6.45, 7) is 12.0. The van der Waals surface area contributed by atoms with Gasteiger partial charge in [-0.2, -0.15) is 0 Å². The Bertz CT molecular complexity index is 698. The van der Waals surface area contributed by atoms with Crippen LogP contribution in [0.3, 0.4) is 0 Å². The number of anilines is 2. The molecule has 2 fully saturated rings. The number of hydrogen-bond donors (Lipinski definition) is 2. The van der Waals surface area contributed by atoms with Crippen molar-refractivity contribution in [1.29, 1.82) is 0 Å². The van der Waals surface area contributed by atoms with Crippen molar-refractivity contribution in [3.63, 3.8) is 0 Å². The van der Waals surface area contributed by atoms with E-state index >= 15 is 0 Å². The highest BCUT2D eigenvalue weighted by molar-refractivity contribution is 7.80. The molecule has 1 amide bonds. The van der Waals surface area contributed by atoms with E-state index in [2.05, 4.69) is 35.4 Å². The summed E-state index contributed by atoms with van der Waals surface area (Å²) in [7, 11) is 0. The minimum absolute atomic E-state index is 0.221. The summed E-state index contributed by atoms with van der Waals surface area (Å²) in [6.07, 6.45) is 4.05. The molecule has 0 spiro atoms. The van der Waals surface area contributed by atoms with Crippen molar-refractivity contribution in [2.45, 2.75) is 46.5 Å². The topological polar surface area (TPSA) is 47.6 Å². The Morgan fingerprint density at radius 3 is 2.64 bits per heavy atom. The van der Waals surface area contributed by atoms with Crippen molar-refractivity contribution in [3.8, 4) is 0 Å². The third-order valence-corrected chi connectivity index (χ3v) is 5.95. The van der Waals surface area contributed by atoms with Gasteiger partial charge in [-0.3, -0.25) is 4.79 Å². The van der Waals surface area contributed by atoms with Crippen LogP contribution < -0.4 is 15.5 Å². The molecule has 3 rings (SSSR count). The number of nitrogens with zero attached hydrogens (tertiary/aromatic N) is 2. The van der Waals surface area contributed by atoms with Crippen LogP contribution in [0, 0.1) is 18.8 Å². The van der Waals surface area contributed by atoms with E-state index in [9.17, 15) is 4.79 Å². The minimum Gasteiger partial charge on any atom is -0.362 e. The van der Waals surface area contributed by atoms with Gasteiger partial charge in [0.1, 0.15) is 0 Å². The molecule has 1 aromatic carbocycles. The molecule has 0 aromatic heterocycles. The van der Waals surface area contributed by atoms with E-state index in [1.807, 2.05) is 24.0 Å². The lowest BCUT2D eigenvalue weighted by molar-refractivity contribution is -0.117. The molecule has 2 atom stereocenters. The second-order valence-electron chi connectivity index (χ2n) is 8.59. The molecule has 0 aliphatic carbocycles. The van der Waals surface area contributed by atoms with E-state index < -0.39 is 0 Å². The maximum atomic E-state index is 12.0. The number of likely N-dealkylation sites (tertiary alicyclic amines) is 1. The molecule has 2 N–H and O–H groups in total. The fourth-order valence-corrected chi connectivity index (χ4v) is 4.81. The molecule has 154 valence electrons. The first-order valence-electron chi connectivity index (χ1n) is 10.6. The second-order valence-corrected chi connectivity index (χ2v) is 9.00. The Morgan fingerprint density at radius 2 is 2.00 bits per heavy atom. The summed E-state index contributed by atoms with van der Waals surface area (Å²) < 4.78 is 0. The Hall–Kier alpha value is -1.66. The normalized spacial score (nSPS) is 23.1. The van der Waals surface area contributed by atoms with E-state index in [-0.39, 0.29) is 5.91 Å². The van der Waals surface area contributed by atoms with Crippen LogP contribution in [0.15, 0.2) is 18.2 Å². The predicted octanol–water partition coefficient (Wildman–Crippen LogP) is 3.78. The fourth-order valence-electron chi connectivity index (χ4n) is 4.59. The highest BCUT2D eigenvalue weighted by Gasteiger charge is 2.23. The molecule has 2 saturated heterocycles. The number of benzene rings is 1. The third-order valence-electron chi connectivity index (χ3n) is 5.70. The average molecular weight is 403 g/mol. The minimum atomic E-state index is 0.221. The average Bonchev–Trinajstić information content (AvgIpc) is 3.04. The molecule has 28 heavy (non-hydrogen) atoms. The van der Waals surface area contributed by atoms with Gasteiger partial charge in [-0.1, -0.05) is 13.8 Å². The summed E-state index contributed by atoms with van der Waals surface area (Å²) in [5.74, 6) is 1.83. The van der Waals surface area contributed by atoms with Crippen molar-refractivity contribution in [2.24, 2.45) is 11.8 Å². The van der Waals surface area contributed by atoms with Gasteiger partial charge in [0, 0.05) is 44.0 Å². The molecule has 1 aromatic rings. The SMILES string of the molecule is Cc1cc(NC(=S)NCCCN2C[C@H](C)C[C@H](C)C2)ccc1N1CCCC1=O. The van der Waals surface area contributed by atoms with Gasteiger partial charge in [-0.25, -0.2) is 0 Å². The lowest BCUT2D eigenvalue weighted by Gasteiger charge is -2.35. The van der Waals surface area contributed by atoms with Gasteiger partial charge in [0.25, 0.3) is 0 Å². The fraction of sp³-hybridized carbons (Fsp3) is 0.636. The highest BCUT2D eigenvalue weighted by atomic mass is 32.1. The monoisotopic (exact) mass is 402 g/mol. The van der Waals surface area contributed by atoms with E-state index in [1.54, 1.807) is 0 Å². The summed E-state index contributed by atoms with van der Waals surface area (Å²) in [6, 6.07) is 6.08. The van der Waals surface area contributed by atoms with Crippen LogP contribution in [-0.4, -0.2) is 48.6 Å². The van der Waals surface area contributed by atoms with Crippen molar-refractivity contribution >= 4 is 34.6 Å². The number of carbonyl (C=O) groups excluding carboxylic acids is 1. The van der Waals surface area contributed by atoms with E-state index in [0.29, 0.717) is 11.5 Å². The Labute approximate surface area is 174 Å². The number of aryl methyl sites for hydroxylation is 1. The molecule has 5 nitrogen and oxygen atoms in total. The summed E-state index contributed by atoms with van der Waals surface area (Å²) >= 11 is 5.45. The van der Waals surface area contributed by atoms with Gasteiger partial charge in [-0.15, -0.1) is 0 Å². The molecule has 0 radical (unpaired) electrons. The molecule has 2 aliphatic heterocycles. The molecule has 2 aliphatic rings. The van der Waals surface area contributed by atoms with Gasteiger partial charge < -0.3 is 20.4 Å². The van der Waals surface area contributed by atoms with Crippen LogP contribution in [0.4, 0.5) is 11.4 Å². The number of nitrogens with one attached hydrogen (secondary N) is 2. The lowest BCUT2D eigenvalue weighted by atomic mass is 9.92. The van der Waals surface area contributed by atoms with E-state index in [1.165, 1.54) is 19.5 Å². The molecular formula is C22H34N4OS. The Kier molecular flexibility index (Phi) is 7.30. The second kappa shape index (κ2) is 9.70. The maximum Gasteiger partial charge on any atom is 0.227 e. The van der Waals surface area contributed by atoms with Crippen LogP contribution in [0.25, 0.3) is 0 Å². The number of carbonyl (C=O) groups is 1. The van der Waals surface area contributed by atoms with Crippen molar-refractivity contribution in [2.75, 3.05) is 42.9 Å². The molecule has 0 saturated carbocycles. The van der Waals surface area contributed by atoms with Gasteiger partial charge in [0.15, 0.2) is 5.11 Å². The Balaban J connectivity index is 1.41. The van der Waals surface area contributed by atoms with Gasteiger partial charge in [-0.05, 0) is 80.5 Å². The van der Waals surface area contributed by atoms with E-state index in [0.717, 1.165) is 61.2 Å². The predicted molar refractivity (Wildman–Crippen MR) is 121 cm³/mol. The van der Waals surface area contributed by atoms with E-state index in [4.69, 9.17) is 12.2 Å². The van der Waals surface area contributed by atoms with Crippen LogP contribution in [0.2, 0.25) is 0 Å². The van der Waals surface area contributed by atoms with Crippen LogP contribution >= 0.6 is 12.2 Å². The maximum absolute atomic E-state index is 12.0. The van der Waals surface area contributed by atoms with Crippen molar-refractivity contribution in [1.82, 2.24) is 10.2 Å². The number of piperidine rings is 1. The first-order chi connectivity index (χ1) is 13.4. The molecule has 0 bridgehead atoms. The van der Waals surface area contributed by atoms with Crippen molar-refractivity contribution < 1.29 is 4.79 Å². The summed E-state index contributed by atoms with van der Waals surface area (Å²) in [5.41, 5.74) is 3.07. The Morgan fingerprint density at radius 1 is 1.25 bits per heavy atom. The molecule has 2 heterocycles. The van der Waals surface area contributed by atoms with Crippen LogP contribution in [-0.2, 0) is 4.79 Å². The zero-order valence-electron chi connectivity index (χ0n) is 17.5. The molecule has 6 heteroatoms. The number of amides is 1. The molecular weight excluding hydrogens is 368 g/mol. The number of rotatable bonds is 6.